The Hall–Kier alpha value is -3.46. The Morgan fingerprint density at radius 1 is 0.860 bits per heavy atom. The van der Waals surface area contributed by atoms with Gasteiger partial charge in [0.15, 0.2) is 0 Å². The Labute approximate surface area is 257 Å². The molecule has 1 heterocycles. The van der Waals surface area contributed by atoms with E-state index in [2.05, 4.69) is 47.7 Å². The van der Waals surface area contributed by atoms with Gasteiger partial charge in [0, 0.05) is 37.3 Å². The molecule has 0 unspecified atom stereocenters. The monoisotopic (exact) mass is 591 g/mol. The first-order valence-electron chi connectivity index (χ1n) is 15.2. The van der Waals surface area contributed by atoms with Crippen molar-refractivity contribution in [1.29, 1.82) is 0 Å². The number of ether oxygens (including phenoxy) is 3. The van der Waals surface area contributed by atoms with E-state index in [4.69, 9.17) is 14.2 Å². The summed E-state index contributed by atoms with van der Waals surface area (Å²) < 4.78 is 19.3. The van der Waals surface area contributed by atoms with Crippen LogP contribution >= 0.6 is 0 Å². The third-order valence-corrected chi connectivity index (χ3v) is 7.30. The van der Waals surface area contributed by atoms with Crippen molar-refractivity contribution in [2.45, 2.75) is 52.4 Å². The lowest BCUT2D eigenvalue weighted by Crippen LogP contribution is -2.16. The minimum atomic E-state index is -0.369. The zero-order valence-corrected chi connectivity index (χ0v) is 27.1. The lowest BCUT2D eigenvalue weighted by Gasteiger charge is -2.18. The number of rotatable bonds is 17. The lowest BCUT2D eigenvalue weighted by molar-refractivity contribution is -0.136. The maximum atomic E-state index is 12.7. The van der Waals surface area contributed by atoms with E-state index in [-0.39, 0.29) is 38.0 Å². The van der Waals surface area contributed by atoms with Gasteiger partial charge in [-0.25, -0.2) is 0 Å². The van der Waals surface area contributed by atoms with Gasteiger partial charge in [0.25, 0.3) is 0 Å². The fourth-order valence-corrected chi connectivity index (χ4v) is 5.01. The van der Waals surface area contributed by atoms with Gasteiger partial charge in [-0.2, -0.15) is 0 Å². The molecule has 8 heteroatoms. The first kappa shape index (κ1) is 34.0. The molecule has 3 rings (SSSR count). The smallest absolute Gasteiger partial charge is 0.313 e. The maximum Gasteiger partial charge on any atom is 0.313 e. The van der Waals surface area contributed by atoms with E-state index >= 15 is 0 Å². The van der Waals surface area contributed by atoms with Crippen molar-refractivity contribution in [3.05, 3.63) is 65.4 Å². The molecule has 0 saturated heterocycles. The number of hydrogen-bond donors (Lipinski definition) is 0. The van der Waals surface area contributed by atoms with Crippen LogP contribution in [0.3, 0.4) is 0 Å². The predicted molar refractivity (Wildman–Crippen MR) is 174 cm³/mol. The lowest BCUT2D eigenvalue weighted by atomic mass is 9.95. The summed E-state index contributed by atoms with van der Waals surface area (Å²) in [7, 11) is 10.2. The highest BCUT2D eigenvalue weighted by molar-refractivity contribution is 5.92. The molecule has 0 bridgehead atoms. The molecule has 0 aliphatic heterocycles. The fourth-order valence-electron chi connectivity index (χ4n) is 5.01. The van der Waals surface area contributed by atoms with Crippen molar-refractivity contribution in [2.24, 2.45) is 7.05 Å². The number of carbonyl (C=O) groups excluding carboxylic acids is 2. The quantitative estimate of drug-likeness (QED) is 0.108. The van der Waals surface area contributed by atoms with Crippen LogP contribution in [0.15, 0.2) is 48.7 Å². The molecule has 3 aromatic rings. The van der Waals surface area contributed by atoms with Crippen molar-refractivity contribution in [2.75, 3.05) is 54.5 Å². The summed E-state index contributed by atoms with van der Waals surface area (Å²) in [6.45, 7) is 6.34. The summed E-state index contributed by atoms with van der Waals surface area (Å²) in [5.41, 5.74) is 5.44. The fraction of sp³-hybridized carbons (Fsp3) is 0.486. The van der Waals surface area contributed by atoms with Crippen LogP contribution in [-0.2, 0) is 27.8 Å². The van der Waals surface area contributed by atoms with E-state index in [1.54, 1.807) is 0 Å². The van der Waals surface area contributed by atoms with Gasteiger partial charge in [-0.05, 0) is 89.3 Å². The van der Waals surface area contributed by atoms with Crippen molar-refractivity contribution in [3.63, 3.8) is 0 Å². The Balaban J connectivity index is 1.52. The normalized spacial score (nSPS) is 12.0. The summed E-state index contributed by atoms with van der Waals surface area (Å²) in [5, 5.41) is 0.966. The van der Waals surface area contributed by atoms with E-state index in [0.717, 1.165) is 66.4 Å². The molecule has 0 radical (unpaired) electrons. The first-order chi connectivity index (χ1) is 20.6. The number of aromatic nitrogens is 1. The van der Waals surface area contributed by atoms with Crippen molar-refractivity contribution in [3.8, 4) is 11.5 Å². The molecule has 0 amide bonds. The molecule has 0 aliphatic rings. The molecule has 0 aliphatic carbocycles. The molecule has 0 atom stereocenters. The zero-order valence-electron chi connectivity index (χ0n) is 27.1. The van der Waals surface area contributed by atoms with E-state index in [9.17, 15) is 9.59 Å². The highest BCUT2D eigenvalue weighted by Gasteiger charge is 2.17. The topological polar surface area (TPSA) is 73.2 Å². The highest BCUT2D eigenvalue weighted by atomic mass is 16.5. The Morgan fingerprint density at radius 3 is 2.14 bits per heavy atom. The van der Waals surface area contributed by atoms with Gasteiger partial charge in [-0.3, -0.25) is 9.59 Å². The van der Waals surface area contributed by atoms with Crippen LogP contribution in [0.2, 0.25) is 0 Å². The maximum absolute atomic E-state index is 12.7. The Morgan fingerprint density at radius 2 is 1.49 bits per heavy atom. The van der Waals surface area contributed by atoms with Crippen molar-refractivity contribution >= 4 is 28.4 Å². The summed E-state index contributed by atoms with van der Waals surface area (Å²) in [5.74, 6) is 0.408. The minimum Gasteiger partial charge on any atom is -0.426 e. The van der Waals surface area contributed by atoms with Crippen LogP contribution in [-0.4, -0.2) is 80.8 Å². The molecular formula is C35H49N3O5. The summed E-state index contributed by atoms with van der Waals surface area (Å²) in [6.07, 6.45) is 8.29. The van der Waals surface area contributed by atoms with Gasteiger partial charge in [0.2, 0.25) is 0 Å². The second-order valence-corrected chi connectivity index (χ2v) is 11.5. The molecule has 0 spiro atoms. The largest absolute Gasteiger partial charge is 0.426 e. The first-order valence-corrected chi connectivity index (χ1v) is 15.2. The highest BCUT2D eigenvalue weighted by Crippen LogP contribution is 2.33. The van der Waals surface area contributed by atoms with Gasteiger partial charge in [0.1, 0.15) is 11.5 Å². The van der Waals surface area contributed by atoms with E-state index in [0.29, 0.717) is 11.5 Å². The third kappa shape index (κ3) is 10.3. The second-order valence-electron chi connectivity index (χ2n) is 11.5. The van der Waals surface area contributed by atoms with Gasteiger partial charge >= 0.3 is 11.9 Å². The number of carbonyl (C=O) groups is 2. The molecule has 8 nitrogen and oxygen atoms in total. The molecule has 2 aromatic carbocycles. The van der Waals surface area contributed by atoms with E-state index < -0.39 is 0 Å². The SMILES string of the molecule is CCC/C=C(/CCN(C)C)c1c(C)cccc1OC(=O)CCOCCC(=O)Oc1cccc2c1c(CCN(C)C)cn2C. The molecular weight excluding hydrogens is 542 g/mol. The summed E-state index contributed by atoms with van der Waals surface area (Å²) >= 11 is 0. The number of nitrogens with zero attached hydrogens (tertiary/aromatic N) is 3. The van der Waals surface area contributed by atoms with Gasteiger partial charge in [-0.1, -0.05) is 37.6 Å². The van der Waals surface area contributed by atoms with Crippen molar-refractivity contribution in [1.82, 2.24) is 14.4 Å². The van der Waals surface area contributed by atoms with Crippen LogP contribution in [0.4, 0.5) is 0 Å². The van der Waals surface area contributed by atoms with Crippen LogP contribution < -0.4 is 9.47 Å². The molecule has 0 N–H and O–H groups in total. The number of likely N-dealkylation sites (N-methyl/N-ethyl adjacent to an activating group) is 1. The molecule has 43 heavy (non-hydrogen) atoms. The molecule has 0 saturated carbocycles. The van der Waals surface area contributed by atoms with Gasteiger partial charge in [-0.15, -0.1) is 0 Å². The summed E-state index contributed by atoms with van der Waals surface area (Å²) in [4.78, 5) is 29.7. The number of benzene rings is 2. The number of fused-ring (bicyclic) bond motifs is 1. The standard InChI is InChI=1S/C35H49N3O5/c1-8-9-13-27(17-21-36(3)4)34-26(2)12-10-15-30(34)42-32(39)19-23-41-24-20-33(40)43-31-16-11-14-29-35(31)28(25-38(29)7)18-22-37(5)6/h10-16,25H,8-9,17-24H2,1-7H3/b27-13-. The number of allylic oxidation sites excluding steroid dienone is 1. The van der Waals surface area contributed by atoms with E-state index in [1.807, 2.05) is 64.5 Å². The van der Waals surface area contributed by atoms with Crippen LogP contribution in [0.5, 0.6) is 11.5 Å². The predicted octanol–water partition coefficient (Wildman–Crippen LogP) is 6.03. The zero-order chi connectivity index (χ0) is 31.4. The van der Waals surface area contributed by atoms with Crippen LogP contribution in [0.1, 0.15) is 55.7 Å². The summed E-state index contributed by atoms with van der Waals surface area (Å²) in [6, 6.07) is 11.6. The number of hydrogen-bond acceptors (Lipinski definition) is 7. The van der Waals surface area contributed by atoms with E-state index in [1.165, 1.54) is 5.57 Å². The van der Waals surface area contributed by atoms with Gasteiger partial charge < -0.3 is 28.6 Å². The molecule has 234 valence electrons. The van der Waals surface area contributed by atoms with Crippen LogP contribution in [0, 0.1) is 6.92 Å². The Kier molecular flexibility index (Phi) is 13.4. The van der Waals surface area contributed by atoms with Gasteiger partial charge in [0.05, 0.1) is 31.6 Å². The number of esters is 2. The van der Waals surface area contributed by atoms with Crippen molar-refractivity contribution < 1.29 is 23.8 Å². The number of aryl methyl sites for hydroxylation is 2. The Bertz CT molecular complexity index is 1390. The average Bonchev–Trinajstić information content (AvgIpc) is 3.28. The third-order valence-electron chi connectivity index (χ3n) is 7.30. The molecule has 0 fully saturated rings. The molecule has 1 aromatic heterocycles. The number of unbranched alkanes of at least 4 members (excludes halogenated alkanes) is 1. The minimum absolute atomic E-state index is 0.0881. The average molecular weight is 592 g/mol. The van der Waals surface area contributed by atoms with Crippen LogP contribution in [0.25, 0.3) is 16.5 Å². The second kappa shape index (κ2) is 17.0.